The molecule has 0 spiro atoms. The minimum atomic E-state index is 0.123. The molecular weight excluding hydrogens is 248 g/mol. The molecule has 0 radical (unpaired) electrons. The number of fused-ring (bicyclic) bond motifs is 1. The van der Waals surface area contributed by atoms with Gasteiger partial charge in [0.05, 0.1) is 12.2 Å². The molecule has 0 bridgehead atoms. The predicted molar refractivity (Wildman–Crippen MR) is 85.1 cm³/mol. The summed E-state index contributed by atoms with van der Waals surface area (Å²) in [6, 6.07) is 14.3. The molecule has 0 aliphatic rings. The van der Waals surface area contributed by atoms with E-state index < -0.39 is 0 Å². The molecule has 3 nitrogen and oxygen atoms in total. The first-order valence-corrected chi connectivity index (χ1v) is 7.26. The van der Waals surface area contributed by atoms with Gasteiger partial charge >= 0.3 is 0 Å². The lowest BCUT2D eigenvalue weighted by Crippen LogP contribution is -2.38. The van der Waals surface area contributed by atoms with Crippen molar-refractivity contribution in [3.63, 3.8) is 0 Å². The maximum absolute atomic E-state index is 12.4. The molecule has 3 heteroatoms. The van der Waals surface area contributed by atoms with Crippen molar-refractivity contribution in [3.05, 3.63) is 42.5 Å². The summed E-state index contributed by atoms with van der Waals surface area (Å²) >= 11 is 0. The molecule has 0 aromatic heterocycles. The summed E-state index contributed by atoms with van der Waals surface area (Å²) < 4.78 is 0. The molecule has 0 saturated heterocycles. The summed E-state index contributed by atoms with van der Waals surface area (Å²) in [5.74, 6) is 0.123. The van der Waals surface area contributed by atoms with Gasteiger partial charge in [-0.1, -0.05) is 43.3 Å². The van der Waals surface area contributed by atoms with Crippen LogP contribution in [0.4, 0.5) is 5.69 Å². The number of rotatable bonds is 6. The minimum absolute atomic E-state index is 0.123. The van der Waals surface area contributed by atoms with Gasteiger partial charge in [-0.25, -0.2) is 0 Å². The Bertz CT molecular complexity index is 575. The molecule has 0 saturated carbocycles. The predicted octanol–water partition coefficient (Wildman–Crippen LogP) is 3.19. The molecule has 2 aromatic rings. The highest BCUT2D eigenvalue weighted by atomic mass is 16.2. The van der Waals surface area contributed by atoms with Gasteiger partial charge in [-0.2, -0.15) is 0 Å². The first kappa shape index (κ1) is 14.5. The van der Waals surface area contributed by atoms with Gasteiger partial charge in [0.15, 0.2) is 0 Å². The molecule has 2 aromatic carbocycles. The fraction of sp³-hybridized carbons (Fsp3) is 0.353. The highest BCUT2D eigenvalue weighted by molar-refractivity contribution is 6.04. The lowest BCUT2D eigenvalue weighted by Gasteiger charge is -2.23. The Morgan fingerprint density at radius 2 is 1.85 bits per heavy atom. The van der Waals surface area contributed by atoms with Crippen LogP contribution in [0.1, 0.15) is 20.3 Å². The van der Waals surface area contributed by atoms with E-state index in [2.05, 4.69) is 30.4 Å². The zero-order valence-corrected chi connectivity index (χ0v) is 12.2. The molecule has 0 heterocycles. The van der Waals surface area contributed by atoms with E-state index in [1.807, 2.05) is 36.1 Å². The van der Waals surface area contributed by atoms with Crippen molar-refractivity contribution >= 4 is 22.4 Å². The Morgan fingerprint density at radius 3 is 2.60 bits per heavy atom. The number of nitrogens with one attached hydrogen (secondary N) is 1. The number of nitrogens with zero attached hydrogens (tertiary/aromatic N) is 1. The van der Waals surface area contributed by atoms with E-state index in [4.69, 9.17) is 0 Å². The van der Waals surface area contributed by atoms with E-state index in [0.717, 1.165) is 29.4 Å². The first-order valence-electron chi connectivity index (χ1n) is 7.26. The van der Waals surface area contributed by atoms with Crippen LogP contribution in [0.5, 0.6) is 0 Å². The lowest BCUT2D eigenvalue weighted by molar-refractivity contribution is -0.117. The van der Waals surface area contributed by atoms with Crippen LogP contribution < -0.4 is 10.2 Å². The molecule has 1 N–H and O–H groups in total. The Morgan fingerprint density at radius 1 is 1.10 bits per heavy atom. The second-order valence-corrected chi connectivity index (χ2v) is 4.81. The van der Waals surface area contributed by atoms with Crippen molar-refractivity contribution in [2.24, 2.45) is 0 Å². The van der Waals surface area contributed by atoms with Crippen LogP contribution in [0.25, 0.3) is 10.8 Å². The lowest BCUT2D eigenvalue weighted by atomic mass is 10.1. The quantitative estimate of drug-likeness (QED) is 0.818. The van der Waals surface area contributed by atoms with Crippen LogP contribution in [0.3, 0.4) is 0 Å². The zero-order valence-electron chi connectivity index (χ0n) is 12.2. The number of benzene rings is 2. The van der Waals surface area contributed by atoms with Gasteiger partial charge in [-0.15, -0.1) is 0 Å². The van der Waals surface area contributed by atoms with Crippen LogP contribution in [0.15, 0.2) is 42.5 Å². The second kappa shape index (κ2) is 7.06. The van der Waals surface area contributed by atoms with E-state index in [1.54, 1.807) is 0 Å². The first-order chi connectivity index (χ1) is 9.77. The topological polar surface area (TPSA) is 32.3 Å². The molecule has 20 heavy (non-hydrogen) atoms. The largest absolute Gasteiger partial charge is 0.311 e. The average molecular weight is 270 g/mol. The van der Waals surface area contributed by atoms with Crippen molar-refractivity contribution in [1.29, 1.82) is 0 Å². The average Bonchev–Trinajstić information content (AvgIpc) is 2.48. The molecule has 0 atom stereocenters. The highest BCUT2D eigenvalue weighted by Gasteiger charge is 2.15. The maximum atomic E-state index is 12.4. The summed E-state index contributed by atoms with van der Waals surface area (Å²) in [6.07, 6.45) is 1.04. The second-order valence-electron chi connectivity index (χ2n) is 4.81. The summed E-state index contributed by atoms with van der Waals surface area (Å²) in [7, 11) is 0. The summed E-state index contributed by atoms with van der Waals surface area (Å²) in [6.45, 7) is 6.06. The van der Waals surface area contributed by atoms with Gasteiger partial charge in [-0.3, -0.25) is 4.79 Å². The molecule has 106 valence electrons. The molecule has 0 unspecified atom stereocenters. The number of carbonyl (C=O) groups is 1. The van der Waals surface area contributed by atoms with Gasteiger partial charge in [0.2, 0.25) is 5.91 Å². The van der Waals surface area contributed by atoms with Gasteiger partial charge < -0.3 is 10.2 Å². The smallest absolute Gasteiger partial charge is 0.240 e. The van der Waals surface area contributed by atoms with E-state index in [0.29, 0.717) is 13.1 Å². The summed E-state index contributed by atoms with van der Waals surface area (Å²) in [4.78, 5) is 14.2. The maximum Gasteiger partial charge on any atom is 0.240 e. The van der Waals surface area contributed by atoms with E-state index >= 15 is 0 Å². The molecular formula is C17H22N2O. The van der Waals surface area contributed by atoms with Crippen LogP contribution in [0, 0.1) is 0 Å². The van der Waals surface area contributed by atoms with Gasteiger partial charge in [-0.05, 0) is 31.3 Å². The highest BCUT2D eigenvalue weighted by Crippen LogP contribution is 2.26. The van der Waals surface area contributed by atoms with Crippen LogP contribution in [-0.4, -0.2) is 25.5 Å². The number of carbonyl (C=O) groups excluding carboxylic acids is 1. The molecule has 0 aliphatic carbocycles. The molecule has 0 fully saturated rings. The van der Waals surface area contributed by atoms with Crippen LogP contribution >= 0.6 is 0 Å². The fourth-order valence-electron chi connectivity index (χ4n) is 2.39. The normalized spacial score (nSPS) is 10.7. The number of hydrogen-bond acceptors (Lipinski definition) is 2. The van der Waals surface area contributed by atoms with Crippen molar-refractivity contribution < 1.29 is 4.79 Å². The third-order valence-electron chi connectivity index (χ3n) is 3.38. The van der Waals surface area contributed by atoms with E-state index in [-0.39, 0.29) is 5.91 Å². The Kier molecular flexibility index (Phi) is 5.13. The zero-order chi connectivity index (χ0) is 14.4. The van der Waals surface area contributed by atoms with E-state index in [1.165, 1.54) is 0 Å². The van der Waals surface area contributed by atoms with E-state index in [9.17, 15) is 4.79 Å². The fourth-order valence-corrected chi connectivity index (χ4v) is 2.39. The Hall–Kier alpha value is -1.87. The third-order valence-corrected chi connectivity index (χ3v) is 3.38. The van der Waals surface area contributed by atoms with Crippen molar-refractivity contribution in [1.82, 2.24) is 5.32 Å². The van der Waals surface area contributed by atoms with Crippen LogP contribution in [0.2, 0.25) is 0 Å². The van der Waals surface area contributed by atoms with Crippen molar-refractivity contribution in [2.75, 3.05) is 24.5 Å². The van der Waals surface area contributed by atoms with Gasteiger partial charge in [0.25, 0.3) is 0 Å². The Labute approximate surface area is 120 Å². The molecule has 1 amide bonds. The third kappa shape index (κ3) is 3.17. The molecule has 2 rings (SSSR count). The number of hydrogen-bond donors (Lipinski definition) is 1. The number of anilines is 1. The van der Waals surface area contributed by atoms with Crippen molar-refractivity contribution in [3.8, 4) is 0 Å². The summed E-state index contributed by atoms with van der Waals surface area (Å²) in [5, 5.41) is 5.47. The SMILES string of the molecule is CCCNCC(=O)N(CC)c1cccc2ccccc12. The van der Waals surface area contributed by atoms with Crippen molar-refractivity contribution in [2.45, 2.75) is 20.3 Å². The van der Waals surface area contributed by atoms with Gasteiger partial charge in [0, 0.05) is 11.9 Å². The molecule has 0 aliphatic heterocycles. The number of likely N-dealkylation sites (N-methyl/N-ethyl adjacent to an activating group) is 1. The van der Waals surface area contributed by atoms with Gasteiger partial charge in [0.1, 0.15) is 0 Å². The minimum Gasteiger partial charge on any atom is -0.311 e. The number of amides is 1. The Balaban J connectivity index is 2.27. The summed E-state index contributed by atoms with van der Waals surface area (Å²) in [5.41, 5.74) is 0.994. The van der Waals surface area contributed by atoms with Crippen LogP contribution in [-0.2, 0) is 4.79 Å². The standard InChI is InChI=1S/C17H22N2O/c1-3-12-18-13-17(20)19(4-2)16-11-7-9-14-8-5-6-10-15(14)16/h5-11,18H,3-4,12-13H2,1-2H3. The monoisotopic (exact) mass is 270 g/mol.